The van der Waals surface area contributed by atoms with Crippen LogP contribution < -0.4 is 15.2 Å². The van der Waals surface area contributed by atoms with Crippen molar-refractivity contribution in [3.8, 4) is 11.5 Å². The number of rotatable bonds is 2. The fraction of sp³-hybridized carbons (Fsp3) is 0.647. The Morgan fingerprint density at radius 2 is 2.00 bits per heavy atom. The highest BCUT2D eigenvalue weighted by atomic mass is 16.6. The van der Waals surface area contributed by atoms with E-state index in [0.717, 1.165) is 36.5 Å². The molecule has 1 aliphatic carbocycles. The zero-order chi connectivity index (χ0) is 14.3. The second-order valence-corrected chi connectivity index (χ2v) is 6.54. The molecule has 1 spiro atoms. The van der Waals surface area contributed by atoms with Crippen LogP contribution >= 0.6 is 0 Å². The summed E-state index contributed by atoms with van der Waals surface area (Å²) in [4.78, 5) is 0. The number of hydrogen-bond acceptors (Lipinski definition) is 4. The van der Waals surface area contributed by atoms with E-state index in [9.17, 15) is 0 Å². The normalized spacial score (nSPS) is 28.0. The summed E-state index contributed by atoms with van der Waals surface area (Å²) in [6.07, 6.45) is 5.80. The van der Waals surface area contributed by atoms with Crippen LogP contribution in [0.5, 0.6) is 11.5 Å². The molecule has 3 aliphatic rings. The average Bonchev–Trinajstić information content (AvgIpc) is 2.52. The number of benzene rings is 1. The Morgan fingerprint density at radius 3 is 2.81 bits per heavy atom. The van der Waals surface area contributed by atoms with Gasteiger partial charge < -0.3 is 19.9 Å². The van der Waals surface area contributed by atoms with Gasteiger partial charge >= 0.3 is 0 Å². The molecule has 0 radical (unpaired) electrons. The SMILES string of the molecule is NC(c1cccc2c1OCCO2)C1CCOC2(CCC2)C1. The lowest BCUT2D eigenvalue weighted by molar-refractivity contribution is -0.146. The fourth-order valence-corrected chi connectivity index (χ4v) is 3.90. The van der Waals surface area contributed by atoms with Crippen LogP contribution in [0.2, 0.25) is 0 Å². The molecule has 1 aromatic rings. The minimum atomic E-state index is 0.00280. The molecule has 114 valence electrons. The van der Waals surface area contributed by atoms with Gasteiger partial charge in [-0.3, -0.25) is 0 Å². The van der Waals surface area contributed by atoms with Crippen molar-refractivity contribution in [3.63, 3.8) is 0 Å². The van der Waals surface area contributed by atoms with E-state index in [1.54, 1.807) is 0 Å². The summed E-state index contributed by atoms with van der Waals surface area (Å²) in [5, 5.41) is 0. The zero-order valence-corrected chi connectivity index (χ0v) is 12.3. The van der Waals surface area contributed by atoms with Gasteiger partial charge in [0.2, 0.25) is 0 Å². The third-order valence-electron chi connectivity index (χ3n) is 5.26. The standard InChI is InChI=1S/C17H23NO3/c18-15(12-5-8-21-17(11-12)6-2-7-17)13-3-1-4-14-16(13)20-10-9-19-14/h1,3-4,12,15H,2,5-11,18H2. The van der Waals surface area contributed by atoms with Gasteiger partial charge in [-0.05, 0) is 44.1 Å². The van der Waals surface area contributed by atoms with E-state index in [4.69, 9.17) is 19.9 Å². The maximum absolute atomic E-state index is 6.60. The molecular weight excluding hydrogens is 266 g/mol. The zero-order valence-electron chi connectivity index (χ0n) is 12.3. The van der Waals surface area contributed by atoms with E-state index in [2.05, 4.69) is 6.07 Å². The summed E-state index contributed by atoms with van der Waals surface area (Å²) in [6, 6.07) is 6.06. The average molecular weight is 289 g/mol. The first-order valence-electron chi connectivity index (χ1n) is 8.05. The Morgan fingerprint density at radius 1 is 1.14 bits per heavy atom. The van der Waals surface area contributed by atoms with Crippen molar-refractivity contribution in [2.24, 2.45) is 11.7 Å². The molecule has 0 amide bonds. The molecular formula is C17H23NO3. The van der Waals surface area contributed by atoms with Crippen molar-refractivity contribution in [1.29, 1.82) is 0 Å². The van der Waals surface area contributed by atoms with E-state index in [-0.39, 0.29) is 11.6 Å². The van der Waals surface area contributed by atoms with Gasteiger partial charge in [0.25, 0.3) is 0 Å². The summed E-state index contributed by atoms with van der Waals surface area (Å²) < 4.78 is 17.5. The molecule has 4 heteroatoms. The Balaban J connectivity index is 1.58. The maximum atomic E-state index is 6.60. The van der Waals surface area contributed by atoms with Gasteiger partial charge in [-0.1, -0.05) is 12.1 Å². The van der Waals surface area contributed by atoms with Crippen LogP contribution in [-0.4, -0.2) is 25.4 Å². The Kier molecular flexibility index (Phi) is 3.31. The van der Waals surface area contributed by atoms with Gasteiger partial charge in [0, 0.05) is 18.2 Å². The van der Waals surface area contributed by atoms with Crippen LogP contribution in [0.1, 0.15) is 43.7 Å². The van der Waals surface area contributed by atoms with Crippen molar-refractivity contribution in [2.75, 3.05) is 19.8 Å². The first kappa shape index (κ1) is 13.4. The van der Waals surface area contributed by atoms with Crippen molar-refractivity contribution in [1.82, 2.24) is 0 Å². The van der Waals surface area contributed by atoms with Crippen molar-refractivity contribution in [3.05, 3.63) is 23.8 Å². The highest BCUT2D eigenvalue weighted by molar-refractivity contribution is 5.49. The summed E-state index contributed by atoms with van der Waals surface area (Å²) >= 11 is 0. The first-order valence-corrected chi connectivity index (χ1v) is 8.05. The molecule has 2 unspecified atom stereocenters. The van der Waals surface area contributed by atoms with Gasteiger partial charge in [0.1, 0.15) is 13.2 Å². The second kappa shape index (κ2) is 5.18. The highest BCUT2D eigenvalue weighted by Gasteiger charge is 2.44. The first-order chi connectivity index (χ1) is 10.3. The predicted octanol–water partition coefficient (Wildman–Crippen LogP) is 2.81. The smallest absolute Gasteiger partial charge is 0.166 e. The van der Waals surface area contributed by atoms with Gasteiger partial charge in [0.05, 0.1) is 5.60 Å². The molecule has 1 saturated carbocycles. The van der Waals surface area contributed by atoms with Gasteiger partial charge in [-0.2, -0.15) is 0 Å². The highest BCUT2D eigenvalue weighted by Crippen LogP contribution is 2.48. The van der Waals surface area contributed by atoms with Gasteiger partial charge in [-0.15, -0.1) is 0 Å². The molecule has 0 bridgehead atoms. The van der Waals surface area contributed by atoms with E-state index in [1.165, 1.54) is 19.3 Å². The Labute approximate surface area is 125 Å². The number of nitrogens with two attached hydrogens (primary N) is 1. The van der Waals surface area contributed by atoms with Crippen LogP contribution in [0.3, 0.4) is 0 Å². The molecule has 0 aromatic heterocycles. The van der Waals surface area contributed by atoms with Gasteiger partial charge in [-0.25, -0.2) is 0 Å². The molecule has 2 atom stereocenters. The van der Waals surface area contributed by atoms with Crippen molar-refractivity contribution < 1.29 is 14.2 Å². The third kappa shape index (κ3) is 2.30. The summed E-state index contributed by atoms with van der Waals surface area (Å²) in [5.74, 6) is 2.15. The van der Waals surface area contributed by atoms with E-state index in [1.807, 2.05) is 12.1 Å². The van der Waals surface area contributed by atoms with Gasteiger partial charge in [0.15, 0.2) is 11.5 Å². The van der Waals surface area contributed by atoms with Crippen LogP contribution in [-0.2, 0) is 4.74 Å². The van der Waals surface area contributed by atoms with Crippen LogP contribution in [0, 0.1) is 5.92 Å². The monoisotopic (exact) mass is 289 g/mol. The summed E-state index contributed by atoms with van der Waals surface area (Å²) in [6.45, 7) is 2.06. The van der Waals surface area contributed by atoms with Crippen LogP contribution in [0.15, 0.2) is 18.2 Å². The maximum Gasteiger partial charge on any atom is 0.166 e. The lowest BCUT2D eigenvalue weighted by Crippen LogP contribution is -2.47. The number of hydrogen-bond donors (Lipinski definition) is 1. The van der Waals surface area contributed by atoms with E-state index >= 15 is 0 Å². The quantitative estimate of drug-likeness (QED) is 0.909. The number of ether oxygens (including phenoxy) is 3. The van der Waals surface area contributed by atoms with Crippen LogP contribution in [0.25, 0.3) is 0 Å². The number of para-hydroxylation sites is 1. The molecule has 1 aromatic carbocycles. The third-order valence-corrected chi connectivity index (χ3v) is 5.26. The molecule has 2 N–H and O–H groups in total. The lowest BCUT2D eigenvalue weighted by Gasteiger charge is -2.48. The van der Waals surface area contributed by atoms with Crippen molar-refractivity contribution >= 4 is 0 Å². The molecule has 21 heavy (non-hydrogen) atoms. The predicted molar refractivity (Wildman–Crippen MR) is 79.6 cm³/mol. The molecule has 4 rings (SSSR count). The summed E-state index contributed by atoms with van der Waals surface area (Å²) in [7, 11) is 0. The molecule has 4 nitrogen and oxygen atoms in total. The van der Waals surface area contributed by atoms with E-state index < -0.39 is 0 Å². The Bertz CT molecular complexity index is 527. The minimum Gasteiger partial charge on any atom is -0.486 e. The molecule has 2 aliphatic heterocycles. The van der Waals surface area contributed by atoms with E-state index in [0.29, 0.717) is 19.1 Å². The molecule has 2 fully saturated rings. The van der Waals surface area contributed by atoms with Crippen LogP contribution in [0.4, 0.5) is 0 Å². The minimum absolute atomic E-state index is 0.00280. The Hall–Kier alpha value is -1.26. The molecule has 2 heterocycles. The second-order valence-electron chi connectivity index (χ2n) is 6.54. The topological polar surface area (TPSA) is 53.7 Å². The molecule has 1 saturated heterocycles. The summed E-state index contributed by atoms with van der Waals surface area (Å²) in [5.41, 5.74) is 7.83. The lowest BCUT2D eigenvalue weighted by atomic mass is 9.70. The number of fused-ring (bicyclic) bond motifs is 1. The largest absolute Gasteiger partial charge is 0.486 e. The van der Waals surface area contributed by atoms with Crippen molar-refractivity contribution in [2.45, 2.75) is 43.7 Å². The fourth-order valence-electron chi connectivity index (χ4n) is 3.90.